The molecule has 0 aliphatic carbocycles. The molecule has 3 nitrogen and oxygen atoms in total. The number of hydrogen-bond acceptors (Lipinski definition) is 1. The molecule has 17 heavy (non-hydrogen) atoms. The maximum atomic E-state index is 5.98. The topological polar surface area (TPSA) is 38.0 Å². The van der Waals surface area contributed by atoms with Crippen LogP contribution in [-0.4, -0.2) is 17.9 Å². The van der Waals surface area contributed by atoms with Gasteiger partial charge in [-0.05, 0) is 24.4 Å². The summed E-state index contributed by atoms with van der Waals surface area (Å²) >= 11 is 16.9. The molecule has 0 saturated heterocycles. The number of hydrazone groups is 1. The number of thiocarbonyl (C=S) groups is 1. The zero-order valence-corrected chi connectivity index (χ0v) is 11.3. The second-order valence-corrected chi connectivity index (χ2v) is 4.27. The Hall–Kier alpha value is -1.10. The van der Waals surface area contributed by atoms with Crippen LogP contribution in [0.1, 0.15) is 5.56 Å². The van der Waals surface area contributed by atoms with Gasteiger partial charge in [0.1, 0.15) is 0 Å². The highest BCUT2D eigenvalue weighted by Gasteiger charge is 2.05. The van der Waals surface area contributed by atoms with Crippen molar-refractivity contribution in [3.8, 4) is 0 Å². The largest absolute Gasteiger partial charge is 0.355 e. The van der Waals surface area contributed by atoms with E-state index >= 15 is 0 Å². The van der Waals surface area contributed by atoms with Gasteiger partial charge in [0.15, 0.2) is 0 Å². The molecule has 0 bridgehead atoms. The third kappa shape index (κ3) is 4.73. The van der Waals surface area contributed by atoms with Crippen LogP contribution in [0, 0.1) is 0 Å². The Bertz CT molecular complexity index is 426. The standard InChI is InChI=1S/C11H11Cl2N3S/c1-2-6-14-11(17)16-15-7-8-9(12)4-3-5-10(8)13/h2-5,7H,1,6H2,(H2,14,16,17)/p+1. The van der Waals surface area contributed by atoms with Gasteiger partial charge in [-0.3, -0.25) is 0 Å². The summed E-state index contributed by atoms with van der Waals surface area (Å²) in [5, 5.41) is 7.31. The Kier molecular flexibility index (Phi) is 5.97. The number of nitrogens with one attached hydrogen (secondary N) is 3. The van der Waals surface area contributed by atoms with E-state index in [2.05, 4.69) is 22.4 Å². The van der Waals surface area contributed by atoms with Gasteiger partial charge in [0.05, 0.1) is 15.6 Å². The van der Waals surface area contributed by atoms with Crippen molar-refractivity contribution < 1.29 is 5.10 Å². The average Bonchev–Trinajstić information content (AvgIpc) is 2.30. The van der Waals surface area contributed by atoms with E-state index in [4.69, 9.17) is 35.4 Å². The number of rotatable bonds is 4. The highest BCUT2D eigenvalue weighted by molar-refractivity contribution is 7.80. The van der Waals surface area contributed by atoms with E-state index in [9.17, 15) is 0 Å². The molecular weight excluding hydrogens is 277 g/mol. The van der Waals surface area contributed by atoms with E-state index in [0.29, 0.717) is 27.3 Å². The Morgan fingerprint density at radius 1 is 1.41 bits per heavy atom. The first-order chi connectivity index (χ1) is 8.15. The first kappa shape index (κ1) is 14.0. The molecule has 0 heterocycles. The SMILES string of the molecule is C=CCNC(=S)N[NH+]=Cc1c(Cl)cccc1Cl. The molecule has 0 spiro atoms. The van der Waals surface area contributed by atoms with Gasteiger partial charge in [0.25, 0.3) is 0 Å². The number of halogens is 2. The van der Waals surface area contributed by atoms with Crippen LogP contribution in [0.25, 0.3) is 0 Å². The summed E-state index contributed by atoms with van der Waals surface area (Å²) in [5.41, 5.74) is 3.47. The van der Waals surface area contributed by atoms with Gasteiger partial charge >= 0.3 is 0 Å². The molecule has 0 aliphatic rings. The molecule has 0 unspecified atom stereocenters. The fourth-order valence-corrected chi connectivity index (χ4v) is 1.68. The quantitative estimate of drug-likeness (QED) is 0.336. The number of benzene rings is 1. The van der Waals surface area contributed by atoms with Crippen LogP contribution >= 0.6 is 35.4 Å². The third-order valence-corrected chi connectivity index (χ3v) is 2.71. The smallest absolute Gasteiger partial charge is 0.224 e. The van der Waals surface area contributed by atoms with Gasteiger partial charge in [-0.25, -0.2) is 0 Å². The highest BCUT2D eigenvalue weighted by Crippen LogP contribution is 2.21. The Balaban J connectivity index is 2.59. The fraction of sp³-hybridized carbons (Fsp3) is 0.0909. The van der Waals surface area contributed by atoms with Gasteiger partial charge in [-0.2, -0.15) is 0 Å². The van der Waals surface area contributed by atoms with Crippen molar-refractivity contribution >= 4 is 46.7 Å². The molecule has 0 radical (unpaired) electrons. The van der Waals surface area contributed by atoms with Crippen LogP contribution in [0.2, 0.25) is 10.0 Å². The molecule has 6 heteroatoms. The summed E-state index contributed by atoms with van der Waals surface area (Å²) in [4.78, 5) is 0. The van der Waals surface area contributed by atoms with E-state index in [1.807, 2.05) is 0 Å². The lowest BCUT2D eigenvalue weighted by Crippen LogP contribution is -2.82. The lowest BCUT2D eigenvalue weighted by Gasteiger charge is -2.00. The van der Waals surface area contributed by atoms with Gasteiger partial charge in [-0.15, -0.1) is 17.1 Å². The zero-order valence-electron chi connectivity index (χ0n) is 8.97. The van der Waals surface area contributed by atoms with Crippen molar-refractivity contribution in [3.05, 3.63) is 46.5 Å². The first-order valence-corrected chi connectivity index (χ1v) is 5.99. The number of hydrogen-bond donors (Lipinski definition) is 3. The van der Waals surface area contributed by atoms with Crippen molar-refractivity contribution in [1.29, 1.82) is 0 Å². The minimum Gasteiger partial charge on any atom is -0.355 e. The fourth-order valence-electron chi connectivity index (χ4n) is 1.03. The summed E-state index contributed by atoms with van der Waals surface area (Å²) in [5.74, 6) is 0. The highest BCUT2D eigenvalue weighted by atomic mass is 35.5. The Morgan fingerprint density at radius 2 is 2.06 bits per heavy atom. The summed E-state index contributed by atoms with van der Waals surface area (Å²) in [6, 6.07) is 5.30. The molecule has 0 fully saturated rings. The van der Waals surface area contributed by atoms with Crippen LogP contribution in [-0.2, 0) is 0 Å². The molecule has 0 saturated carbocycles. The van der Waals surface area contributed by atoms with Crippen LogP contribution < -0.4 is 15.8 Å². The molecule has 90 valence electrons. The maximum absolute atomic E-state index is 5.98. The first-order valence-electron chi connectivity index (χ1n) is 4.82. The molecular formula is C11H12Cl2N3S+. The van der Waals surface area contributed by atoms with E-state index in [0.717, 1.165) is 0 Å². The lowest BCUT2D eigenvalue weighted by atomic mass is 10.2. The van der Waals surface area contributed by atoms with Crippen LogP contribution in [0.4, 0.5) is 0 Å². The van der Waals surface area contributed by atoms with Crippen molar-refractivity contribution in [3.63, 3.8) is 0 Å². The normalized spacial score (nSPS) is 10.2. The monoisotopic (exact) mass is 288 g/mol. The summed E-state index contributed by atoms with van der Waals surface area (Å²) < 4.78 is 0. The molecule has 0 aromatic heterocycles. The Labute approximate surface area is 115 Å². The molecule has 1 aromatic rings. The average molecular weight is 289 g/mol. The van der Waals surface area contributed by atoms with Crippen LogP contribution in [0.15, 0.2) is 30.9 Å². The van der Waals surface area contributed by atoms with Crippen LogP contribution in [0.5, 0.6) is 0 Å². The van der Waals surface area contributed by atoms with E-state index in [-0.39, 0.29) is 0 Å². The van der Waals surface area contributed by atoms with E-state index in [1.54, 1.807) is 30.5 Å². The third-order valence-electron chi connectivity index (χ3n) is 1.81. The second-order valence-electron chi connectivity index (χ2n) is 3.05. The van der Waals surface area contributed by atoms with Crippen LogP contribution in [0.3, 0.4) is 0 Å². The summed E-state index contributed by atoms with van der Waals surface area (Å²) in [6.45, 7) is 4.17. The van der Waals surface area contributed by atoms with Crippen molar-refractivity contribution in [1.82, 2.24) is 10.7 Å². The molecule has 1 aromatic carbocycles. The molecule has 0 amide bonds. The summed E-state index contributed by atoms with van der Waals surface area (Å²) in [6.07, 6.45) is 3.36. The predicted octanol–water partition coefficient (Wildman–Crippen LogP) is 1.06. The second kappa shape index (κ2) is 7.27. The maximum Gasteiger partial charge on any atom is 0.224 e. The van der Waals surface area contributed by atoms with Gasteiger partial charge in [-0.1, -0.05) is 35.3 Å². The number of hydrazine groups is 1. The Morgan fingerprint density at radius 3 is 2.65 bits per heavy atom. The summed E-state index contributed by atoms with van der Waals surface area (Å²) in [7, 11) is 0. The van der Waals surface area contributed by atoms with E-state index in [1.165, 1.54) is 0 Å². The minimum absolute atomic E-state index is 0.462. The minimum atomic E-state index is 0.462. The van der Waals surface area contributed by atoms with Gasteiger partial charge in [0, 0.05) is 6.54 Å². The molecule has 3 N–H and O–H groups in total. The van der Waals surface area contributed by atoms with Crippen molar-refractivity contribution in [2.75, 3.05) is 6.54 Å². The molecule has 0 atom stereocenters. The zero-order chi connectivity index (χ0) is 12.7. The van der Waals surface area contributed by atoms with Gasteiger partial charge in [0.2, 0.25) is 11.3 Å². The van der Waals surface area contributed by atoms with Crippen molar-refractivity contribution in [2.45, 2.75) is 0 Å². The van der Waals surface area contributed by atoms with Crippen molar-refractivity contribution in [2.24, 2.45) is 0 Å². The van der Waals surface area contributed by atoms with E-state index < -0.39 is 0 Å². The molecule has 1 rings (SSSR count). The molecule has 0 aliphatic heterocycles. The van der Waals surface area contributed by atoms with Gasteiger partial charge < -0.3 is 5.32 Å². The lowest BCUT2D eigenvalue weighted by molar-refractivity contribution is -0.500. The predicted molar refractivity (Wildman–Crippen MR) is 76.5 cm³/mol.